The monoisotopic (exact) mass is 232 g/mol. The number of unbranched alkanes of at least 4 members (excludes halogenated alkanes) is 3. The molecule has 1 atom stereocenters. The topological polar surface area (TPSA) is 17.1 Å². The van der Waals surface area contributed by atoms with Crippen molar-refractivity contribution in [1.82, 2.24) is 0 Å². The van der Waals surface area contributed by atoms with E-state index in [2.05, 4.69) is 31.2 Å². The summed E-state index contributed by atoms with van der Waals surface area (Å²) in [6.45, 7) is 2.21. The second-order valence-electron chi connectivity index (χ2n) is 4.77. The van der Waals surface area contributed by atoms with Crippen LogP contribution in [0.2, 0.25) is 0 Å². The van der Waals surface area contributed by atoms with Crippen LogP contribution in [-0.4, -0.2) is 6.29 Å². The first-order valence-electron chi connectivity index (χ1n) is 6.86. The summed E-state index contributed by atoms with van der Waals surface area (Å²) in [4.78, 5) is 11.0. The zero-order valence-corrected chi connectivity index (χ0v) is 10.9. The smallest absolute Gasteiger partial charge is 0.123 e. The van der Waals surface area contributed by atoms with Gasteiger partial charge in [-0.3, -0.25) is 0 Å². The van der Waals surface area contributed by atoms with Crippen LogP contribution in [0.4, 0.5) is 0 Å². The Balaban J connectivity index is 2.20. The molecule has 1 aromatic carbocycles. The number of rotatable bonds is 9. The van der Waals surface area contributed by atoms with Gasteiger partial charge in [0.15, 0.2) is 0 Å². The first kappa shape index (κ1) is 14.0. The molecule has 0 radical (unpaired) electrons. The molecule has 1 aromatic rings. The van der Waals surface area contributed by atoms with Gasteiger partial charge in [-0.25, -0.2) is 0 Å². The number of carbonyl (C=O) groups excluding carboxylic acids is 1. The third-order valence-electron chi connectivity index (χ3n) is 3.27. The molecule has 94 valence electrons. The van der Waals surface area contributed by atoms with Gasteiger partial charge in [0.05, 0.1) is 0 Å². The molecule has 0 bridgehead atoms. The molecule has 0 aliphatic rings. The normalized spacial score (nSPS) is 12.3. The van der Waals surface area contributed by atoms with Gasteiger partial charge in [0.25, 0.3) is 0 Å². The third-order valence-corrected chi connectivity index (χ3v) is 3.27. The van der Waals surface area contributed by atoms with Gasteiger partial charge in [0.1, 0.15) is 6.29 Å². The Bertz CT molecular complexity index is 292. The van der Waals surface area contributed by atoms with Crippen molar-refractivity contribution in [3.05, 3.63) is 35.9 Å². The Kier molecular flexibility index (Phi) is 7.37. The molecule has 1 rings (SSSR count). The highest BCUT2D eigenvalue weighted by atomic mass is 16.1. The highest BCUT2D eigenvalue weighted by Gasteiger charge is 2.07. The van der Waals surface area contributed by atoms with Gasteiger partial charge in [-0.05, 0) is 24.8 Å². The fourth-order valence-electron chi connectivity index (χ4n) is 2.11. The fraction of sp³-hybridized carbons (Fsp3) is 0.562. The Morgan fingerprint density at radius 3 is 2.47 bits per heavy atom. The van der Waals surface area contributed by atoms with E-state index in [1.54, 1.807) is 0 Å². The largest absolute Gasteiger partial charge is 0.303 e. The van der Waals surface area contributed by atoms with Crippen LogP contribution in [0.5, 0.6) is 0 Å². The summed E-state index contributed by atoms with van der Waals surface area (Å²) < 4.78 is 0. The predicted octanol–water partition coefficient (Wildman–Crippen LogP) is 4.40. The van der Waals surface area contributed by atoms with Crippen molar-refractivity contribution in [3.8, 4) is 0 Å². The lowest BCUT2D eigenvalue weighted by molar-refractivity contribution is -0.111. The first-order chi connectivity index (χ1) is 8.36. The molecule has 1 heteroatoms. The van der Waals surface area contributed by atoms with Crippen LogP contribution in [-0.2, 0) is 11.2 Å². The molecule has 1 nitrogen and oxygen atoms in total. The molecule has 0 aromatic heterocycles. The minimum absolute atomic E-state index is 0.257. The van der Waals surface area contributed by atoms with Gasteiger partial charge in [-0.15, -0.1) is 0 Å². The maximum atomic E-state index is 11.0. The van der Waals surface area contributed by atoms with Gasteiger partial charge in [0, 0.05) is 5.92 Å². The molecule has 0 fully saturated rings. The average molecular weight is 232 g/mol. The summed E-state index contributed by atoms with van der Waals surface area (Å²) in [7, 11) is 0. The van der Waals surface area contributed by atoms with E-state index in [0.717, 1.165) is 25.5 Å². The molecule has 17 heavy (non-hydrogen) atoms. The number of hydrogen-bond donors (Lipinski definition) is 0. The summed E-state index contributed by atoms with van der Waals surface area (Å²) in [5, 5.41) is 0. The Morgan fingerprint density at radius 2 is 1.82 bits per heavy atom. The number of carbonyl (C=O) groups is 1. The van der Waals surface area contributed by atoms with Gasteiger partial charge in [-0.2, -0.15) is 0 Å². The number of benzene rings is 1. The highest BCUT2D eigenvalue weighted by molar-refractivity contribution is 5.53. The standard InChI is InChI=1S/C16H24O/c1-2-3-4-6-11-16(14-17)13-12-15-9-7-5-8-10-15/h5,7-10,14,16H,2-4,6,11-13H2,1H3/t16-/m1/s1. The van der Waals surface area contributed by atoms with Crippen LogP contribution in [0, 0.1) is 5.92 Å². The first-order valence-corrected chi connectivity index (χ1v) is 6.86. The van der Waals surface area contributed by atoms with Crippen LogP contribution in [0.1, 0.15) is 51.0 Å². The molecule has 0 amide bonds. The Labute approximate surface area is 105 Å². The quantitative estimate of drug-likeness (QED) is 0.455. The molecule has 0 aliphatic carbocycles. The zero-order valence-electron chi connectivity index (χ0n) is 10.9. The van der Waals surface area contributed by atoms with Crippen molar-refractivity contribution in [2.75, 3.05) is 0 Å². The Morgan fingerprint density at radius 1 is 1.06 bits per heavy atom. The molecule has 0 saturated carbocycles. The number of aldehydes is 1. The summed E-state index contributed by atoms with van der Waals surface area (Å²) in [5.74, 6) is 0.257. The summed E-state index contributed by atoms with van der Waals surface area (Å²) >= 11 is 0. The SMILES string of the molecule is CCCCCC[C@@H](C=O)CCc1ccccc1. The Hall–Kier alpha value is -1.11. The third kappa shape index (κ3) is 6.25. The van der Waals surface area contributed by atoms with Crippen LogP contribution in [0.3, 0.4) is 0 Å². The van der Waals surface area contributed by atoms with Gasteiger partial charge < -0.3 is 4.79 Å². The van der Waals surface area contributed by atoms with E-state index < -0.39 is 0 Å². The van der Waals surface area contributed by atoms with Crippen LogP contribution in [0.15, 0.2) is 30.3 Å². The molecule has 0 heterocycles. The van der Waals surface area contributed by atoms with E-state index in [9.17, 15) is 4.79 Å². The summed E-state index contributed by atoms with van der Waals surface area (Å²) in [5.41, 5.74) is 1.34. The van der Waals surface area contributed by atoms with E-state index >= 15 is 0 Å². The van der Waals surface area contributed by atoms with E-state index in [4.69, 9.17) is 0 Å². The maximum absolute atomic E-state index is 11.0. The van der Waals surface area contributed by atoms with Crippen LogP contribution >= 0.6 is 0 Å². The molecule has 0 N–H and O–H groups in total. The molecule has 0 saturated heterocycles. The van der Waals surface area contributed by atoms with Crippen molar-refractivity contribution < 1.29 is 4.79 Å². The molecular weight excluding hydrogens is 208 g/mol. The average Bonchev–Trinajstić information content (AvgIpc) is 2.39. The molecule has 0 aliphatic heterocycles. The zero-order chi connectivity index (χ0) is 12.3. The van der Waals surface area contributed by atoms with E-state index in [0.29, 0.717) is 0 Å². The van der Waals surface area contributed by atoms with Crippen molar-refractivity contribution >= 4 is 6.29 Å². The second kappa shape index (κ2) is 8.98. The minimum Gasteiger partial charge on any atom is -0.303 e. The van der Waals surface area contributed by atoms with Crippen molar-refractivity contribution in [3.63, 3.8) is 0 Å². The van der Waals surface area contributed by atoms with E-state index in [1.165, 1.54) is 31.2 Å². The maximum Gasteiger partial charge on any atom is 0.123 e. The number of hydrogen-bond acceptors (Lipinski definition) is 1. The lowest BCUT2D eigenvalue weighted by Gasteiger charge is -2.09. The van der Waals surface area contributed by atoms with Crippen LogP contribution < -0.4 is 0 Å². The number of aryl methyl sites for hydroxylation is 1. The lowest BCUT2D eigenvalue weighted by atomic mass is 9.95. The van der Waals surface area contributed by atoms with Crippen molar-refractivity contribution in [2.24, 2.45) is 5.92 Å². The van der Waals surface area contributed by atoms with Gasteiger partial charge in [-0.1, -0.05) is 62.9 Å². The second-order valence-corrected chi connectivity index (χ2v) is 4.77. The molecule has 0 spiro atoms. The van der Waals surface area contributed by atoms with Crippen molar-refractivity contribution in [2.45, 2.75) is 51.9 Å². The van der Waals surface area contributed by atoms with Gasteiger partial charge >= 0.3 is 0 Å². The van der Waals surface area contributed by atoms with E-state index in [-0.39, 0.29) is 5.92 Å². The lowest BCUT2D eigenvalue weighted by Crippen LogP contribution is -2.04. The molecule has 0 unspecified atom stereocenters. The van der Waals surface area contributed by atoms with E-state index in [1.807, 2.05) is 6.07 Å². The highest BCUT2D eigenvalue weighted by Crippen LogP contribution is 2.15. The predicted molar refractivity (Wildman–Crippen MR) is 73.1 cm³/mol. The molecular formula is C16H24O. The fourth-order valence-corrected chi connectivity index (χ4v) is 2.11. The summed E-state index contributed by atoms with van der Waals surface area (Å²) in [6, 6.07) is 10.4. The minimum atomic E-state index is 0.257. The van der Waals surface area contributed by atoms with Crippen molar-refractivity contribution in [1.29, 1.82) is 0 Å². The van der Waals surface area contributed by atoms with Crippen LogP contribution in [0.25, 0.3) is 0 Å². The van der Waals surface area contributed by atoms with Gasteiger partial charge in [0.2, 0.25) is 0 Å². The summed E-state index contributed by atoms with van der Waals surface area (Å²) in [6.07, 6.45) is 9.27.